The molecule has 1 spiro atoms. The maximum absolute atomic E-state index is 13.6. The fourth-order valence-corrected chi connectivity index (χ4v) is 9.29. The maximum atomic E-state index is 13.6. The Hall–Kier alpha value is -3.03. The van der Waals surface area contributed by atoms with E-state index in [1.54, 1.807) is 12.1 Å². The summed E-state index contributed by atoms with van der Waals surface area (Å²) < 4.78 is 7.36. The van der Waals surface area contributed by atoms with E-state index in [1.807, 2.05) is 12.1 Å². The highest BCUT2D eigenvalue weighted by atomic mass is 16.6. The summed E-state index contributed by atoms with van der Waals surface area (Å²) in [6.45, 7) is 3.54. The van der Waals surface area contributed by atoms with E-state index in [4.69, 9.17) is 4.74 Å². The lowest BCUT2D eigenvalue weighted by molar-refractivity contribution is -0.955. The maximum Gasteiger partial charge on any atom is 0.269 e. The van der Waals surface area contributed by atoms with Crippen LogP contribution in [0.3, 0.4) is 0 Å². The number of amides is 1. The van der Waals surface area contributed by atoms with Crippen molar-refractivity contribution in [1.82, 2.24) is 0 Å². The number of hydrogen-bond acceptors (Lipinski definition) is 4. The van der Waals surface area contributed by atoms with Crippen LogP contribution in [-0.4, -0.2) is 53.2 Å². The molecule has 1 saturated carbocycles. The molecule has 35 heavy (non-hydrogen) atoms. The highest BCUT2D eigenvalue weighted by molar-refractivity contribution is 5.99. The zero-order valence-corrected chi connectivity index (χ0v) is 19.5. The Bertz CT molecular complexity index is 1320. The molecular weight excluding hydrogens is 442 g/mol. The highest BCUT2D eigenvalue weighted by Gasteiger charge is 2.75. The lowest BCUT2D eigenvalue weighted by atomic mass is 9.53. The van der Waals surface area contributed by atoms with Gasteiger partial charge >= 0.3 is 0 Å². The minimum absolute atomic E-state index is 0.00455. The monoisotopic (exact) mass is 470 g/mol. The van der Waals surface area contributed by atoms with Crippen molar-refractivity contribution in [2.24, 2.45) is 11.8 Å². The molecule has 2 aromatic carbocycles. The molecular formula is C28H28N3O4+. The van der Waals surface area contributed by atoms with Gasteiger partial charge in [0.25, 0.3) is 5.69 Å². The number of quaternary nitrogens is 1. The number of benzene rings is 2. The molecule has 0 N–H and O–H groups in total. The topological polar surface area (TPSA) is 72.7 Å². The minimum atomic E-state index is -0.329. The van der Waals surface area contributed by atoms with Crippen molar-refractivity contribution >= 4 is 17.3 Å². The molecule has 0 unspecified atom stereocenters. The molecule has 0 radical (unpaired) electrons. The van der Waals surface area contributed by atoms with E-state index in [2.05, 4.69) is 35.2 Å². The van der Waals surface area contributed by atoms with Gasteiger partial charge < -0.3 is 14.1 Å². The molecule has 0 aromatic heterocycles. The standard InChI is InChI=1S/C28H28N3O4/c32-25-14-23-26-20-13-24-28(21-3-1-2-4-22(21)29(25)27(26)28)10-11-31(24,16-18(20)9-12-35-23)15-17-5-7-19(8-6-17)30(33)34/h1-9,20,23-24,26-27H,10-16H2/q+1/t20-,23-,24-,26-,27-,28+,31+/m0/s1. The third-order valence-electron chi connectivity index (χ3n) is 10.4. The lowest BCUT2D eigenvalue weighted by Crippen LogP contribution is -2.72. The molecule has 7 heteroatoms. The zero-order chi connectivity index (χ0) is 23.5. The van der Waals surface area contributed by atoms with Gasteiger partial charge in [0.15, 0.2) is 0 Å². The van der Waals surface area contributed by atoms with Gasteiger partial charge in [-0.15, -0.1) is 0 Å². The predicted molar refractivity (Wildman–Crippen MR) is 129 cm³/mol. The van der Waals surface area contributed by atoms with E-state index in [0.717, 1.165) is 48.2 Å². The molecule has 2 aromatic rings. The number of nitrogens with zero attached hydrogens (tertiary/aromatic N) is 3. The number of ether oxygens (including phenoxy) is 1. The van der Waals surface area contributed by atoms with E-state index >= 15 is 0 Å². The van der Waals surface area contributed by atoms with Crippen molar-refractivity contribution in [2.75, 3.05) is 24.6 Å². The first-order chi connectivity index (χ1) is 17.0. The number of para-hydroxylation sites is 1. The van der Waals surface area contributed by atoms with Crippen molar-refractivity contribution in [3.8, 4) is 0 Å². The zero-order valence-electron chi connectivity index (χ0n) is 19.5. The normalized spacial score (nSPS) is 39.7. The number of piperidine rings is 2. The molecule has 7 nitrogen and oxygen atoms in total. The smallest absolute Gasteiger partial charge is 0.269 e. The number of carbonyl (C=O) groups excluding carboxylic acids is 1. The van der Waals surface area contributed by atoms with E-state index < -0.39 is 0 Å². The van der Waals surface area contributed by atoms with Gasteiger partial charge in [0.05, 0.1) is 42.1 Å². The number of fused-ring (bicyclic) bond motifs is 2. The lowest BCUT2D eigenvalue weighted by Gasteiger charge is -2.60. The van der Waals surface area contributed by atoms with Gasteiger partial charge in [0.1, 0.15) is 19.1 Å². The first-order valence-electron chi connectivity index (χ1n) is 12.8. The summed E-state index contributed by atoms with van der Waals surface area (Å²) in [5, 5.41) is 11.2. The highest BCUT2D eigenvalue weighted by Crippen LogP contribution is 2.67. The minimum Gasteiger partial charge on any atom is -0.373 e. The van der Waals surface area contributed by atoms with Gasteiger partial charge in [-0.3, -0.25) is 14.9 Å². The molecule has 8 rings (SSSR count). The van der Waals surface area contributed by atoms with Crippen LogP contribution in [0.5, 0.6) is 0 Å². The van der Waals surface area contributed by atoms with Gasteiger partial charge in [-0.1, -0.05) is 24.3 Å². The predicted octanol–water partition coefficient (Wildman–Crippen LogP) is 3.72. The van der Waals surface area contributed by atoms with Gasteiger partial charge in [0.2, 0.25) is 5.91 Å². The molecule has 178 valence electrons. The fraction of sp³-hybridized carbons (Fsp3) is 0.464. The fourth-order valence-electron chi connectivity index (χ4n) is 9.29. The second-order valence-electron chi connectivity index (χ2n) is 11.5. The Kier molecular flexibility index (Phi) is 3.80. The number of nitro groups is 1. The van der Waals surface area contributed by atoms with Crippen LogP contribution in [0.25, 0.3) is 0 Å². The summed E-state index contributed by atoms with van der Waals surface area (Å²) in [6.07, 6.45) is 5.01. The second-order valence-corrected chi connectivity index (χ2v) is 11.5. The number of nitro benzene ring substituents is 1. The van der Waals surface area contributed by atoms with Gasteiger partial charge in [-0.2, -0.15) is 0 Å². The summed E-state index contributed by atoms with van der Waals surface area (Å²) in [6, 6.07) is 16.4. The number of hydrogen-bond donors (Lipinski definition) is 0. The van der Waals surface area contributed by atoms with Gasteiger partial charge in [-0.25, -0.2) is 0 Å². The summed E-state index contributed by atoms with van der Waals surface area (Å²) in [4.78, 5) is 26.6. The van der Waals surface area contributed by atoms with Crippen molar-refractivity contribution in [3.63, 3.8) is 0 Å². The van der Waals surface area contributed by atoms with E-state index in [9.17, 15) is 14.9 Å². The summed E-state index contributed by atoms with van der Waals surface area (Å²) in [7, 11) is 0. The van der Waals surface area contributed by atoms with E-state index in [1.165, 1.54) is 11.1 Å². The largest absolute Gasteiger partial charge is 0.373 e. The van der Waals surface area contributed by atoms with Crippen LogP contribution in [-0.2, 0) is 21.5 Å². The molecule has 5 aliphatic heterocycles. The van der Waals surface area contributed by atoms with E-state index in [-0.39, 0.29) is 34.1 Å². The molecule has 2 bridgehead atoms. The number of non-ortho nitro benzene ring substituents is 1. The third kappa shape index (κ3) is 2.36. The average Bonchev–Trinajstić information content (AvgIpc) is 3.29. The Labute approximate surface area is 203 Å². The number of rotatable bonds is 3. The van der Waals surface area contributed by atoms with Gasteiger partial charge in [-0.05, 0) is 35.3 Å². The molecule has 4 fully saturated rings. The Morgan fingerprint density at radius 2 is 2.00 bits per heavy atom. The molecule has 3 saturated heterocycles. The Morgan fingerprint density at radius 3 is 2.83 bits per heavy atom. The molecule has 7 atom stereocenters. The summed E-state index contributed by atoms with van der Waals surface area (Å²) in [5.41, 5.74) is 5.24. The van der Waals surface area contributed by atoms with E-state index in [0.29, 0.717) is 30.9 Å². The summed E-state index contributed by atoms with van der Waals surface area (Å²) >= 11 is 0. The third-order valence-corrected chi connectivity index (χ3v) is 10.4. The van der Waals surface area contributed by atoms with Crippen LogP contribution in [0, 0.1) is 22.0 Å². The summed E-state index contributed by atoms with van der Waals surface area (Å²) in [5.74, 6) is 1.03. The Balaban J connectivity index is 1.31. The first kappa shape index (κ1) is 20.2. The second kappa shape index (κ2) is 6.59. The average molecular weight is 471 g/mol. The number of anilines is 1. The van der Waals surface area contributed by atoms with Crippen molar-refractivity contribution in [1.29, 1.82) is 0 Å². The molecule has 5 heterocycles. The van der Waals surface area contributed by atoms with Crippen molar-refractivity contribution in [2.45, 2.75) is 49.4 Å². The van der Waals surface area contributed by atoms with Gasteiger partial charge in [0, 0.05) is 42.1 Å². The molecule has 1 amide bonds. The number of carbonyl (C=O) groups is 1. The van der Waals surface area contributed by atoms with Crippen LogP contribution in [0.2, 0.25) is 0 Å². The molecule has 1 aliphatic carbocycles. The van der Waals surface area contributed by atoms with Crippen LogP contribution in [0.15, 0.2) is 60.2 Å². The van der Waals surface area contributed by atoms with Crippen molar-refractivity contribution < 1.29 is 18.9 Å². The Morgan fingerprint density at radius 1 is 1.17 bits per heavy atom. The SMILES string of the molecule is O=C1C[C@@H]2OCC=C3C[N@+]4(Cc5ccc([N+](=O)[O-])cc5)CC[C@]56c7ccccc7N1[C@H]5[C@H]2[C@H]3C[C@@H]64. The van der Waals surface area contributed by atoms with Crippen LogP contribution in [0.4, 0.5) is 11.4 Å². The molecule has 6 aliphatic rings. The van der Waals surface area contributed by atoms with Crippen molar-refractivity contribution in [3.05, 3.63) is 81.4 Å². The van der Waals surface area contributed by atoms with Crippen LogP contribution >= 0.6 is 0 Å². The van der Waals surface area contributed by atoms with Crippen LogP contribution < -0.4 is 4.90 Å². The van der Waals surface area contributed by atoms with Crippen LogP contribution in [0.1, 0.15) is 30.4 Å². The quantitative estimate of drug-likeness (QED) is 0.297. The first-order valence-corrected chi connectivity index (χ1v) is 12.8.